The van der Waals surface area contributed by atoms with Crippen LogP contribution < -0.4 is 21.0 Å². The molecule has 7 heteroatoms. The highest BCUT2D eigenvalue weighted by atomic mass is 16.5. The molecule has 4 rings (SSSR count). The van der Waals surface area contributed by atoms with E-state index in [1.807, 2.05) is 28.8 Å². The number of fused-ring (bicyclic) bond motifs is 3. The van der Waals surface area contributed by atoms with Crippen LogP contribution in [0.5, 0.6) is 5.75 Å². The number of nitrogens with one attached hydrogen (secondary N) is 1. The number of amides is 1. The monoisotopic (exact) mass is 380 g/mol. The fraction of sp³-hybridized carbons (Fsp3) is 0.136. The average Bonchev–Trinajstić information content (AvgIpc) is 3.00. The largest absolute Gasteiger partial charge is 0.497 e. The van der Waals surface area contributed by atoms with E-state index in [0.717, 1.165) is 21.8 Å². The first-order valence-electron chi connectivity index (χ1n) is 9.16. The van der Waals surface area contributed by atoms with E-state index < -0.39 is 12.0 Å². The summed E-state index contributed by atoms with van der Waals surface area (Å²) in [4.78, 5) is 12.6. The van der Waals surface area contributed by atoms with E-state index in [0.29, 0.717) is 22.4 Å². The summed E-state index contributed by atoms with van der Waals surface area (Å²) in [7, 11) is 13.5. The maximum Gasteiger partial charge on any atom is 0.255 e. The number of rotatable bonds is 5. The molecule has 1 heterocycles. The summed E-state index contributed by atoms with van der Waals surface area (Å²) in [5.41, 5.74) is 3.56. The van der Waals surface area contributed by atoms with Crippen molar-refractivity contribution in [1.82, 2.24) is 4.57 Å². The topological polar surface area (TPSA) is 63.5 Å². The molecule has 0 spiro atoms. The van der Waals surface area contributed by atoms with Crippen molar-refractivity contribution in [2.24, 2.45) is 0 Å². The number of aliphatic hydroxyl groups excluding tert-OH is 1. The number of ether oxygens (including phenoxy) is 1. The molecule has 2 N–H and O–H groups in total. The lowest BCUT2D eigenvalue weighted by molar-refractivity contribution is -0.124. The number of carbonyl (C=O) groups is 1. The lowest BCUT2D eigenvalue weighted by Crippen LogP contribution is -2.31. The average molecular weight is 380 g/mol. The summed E-state index contributed by atoms with van der Waals surface area (Å²) in [5.74, 6) is 0.119. The molecule has 0 bridgehead atoms. The Morgan fingerprint density at radius 3 is 2.24 bits per heavy atom. The molecule has 0 saturated heterocycles. The second-order valence-corrected chi connectivity index (χ2v) is 6.90. The van der Waals surface area contributed by atoms with Gasteiger partial charge in [0.15, 0.2) is 6.10 Å². The summed E-state index contributed by atoms with van der Waals surface area (Å²) in [5, 5.41) is 15.2. The molecular formula is C22H18B2N2O3. The summed E-state index contributed by atoms with van der Waals surface area (Å²) in [6.45, 7) is 0.0869. The van der Waals surface area contributed by atoms with Crippen LogP contribution in [0, 0.1) is 0 Å². The molecule has 4 radical (unpaired) electrons. The molecule has 4 aromatic rings. The first-order valence-corrected chi connectivity index (χ1v) is 9.16. The van der Waals surface area contributed by atoms with Gasteiger partial charge in [-0.3, -0.25) is 4.79 Å². The summed E-state index contributed by atoms with van der Waals surface area (Å²) in [6.07, 6.45) is -1.25. The molecule has 1 atom stereocenters. The van der Waals surface area contributed by atoms with Gasteiger partial charge >= 0.3 is 0 Å². The van der Waals surface area contributed by atoms with Gasteiger partial charge in [0, 0.05) is 33.6 Å². The molecule has 1 aromatic heterocycles. The van der Waals surface area contributed by atoms with Crippen molar-refractivity contribution in [3.8, 4) is 5.75 Å². The third kappa shape index (κ3) is 3.74. The molecule has 0 aliphatic rings. The standard InChI is InChI=1S/C22H18B2N2O3/c1-29-16-4-2-3-15(11-16)25-22(28)21(27)12-26-19-7-5-13(23)9-17(19)18-10-14(24)6-8-20(18)26/h2-11,21,27H,12H2,1H3,(H,25,28). The Balaban J connectivity index is 1.66. The van der Waals surface area contributed by atoms with Crippen molar-refractivity contribution >= 4 is 60.0 Å². The van der Waals surface area contributed by atoms with Crippen molar-refractivity contribution in [3.63, 3.8) is 0 Å². The second kappa shape index (κ2) is 7.68. The van der Waals surface area contributed by atoms with Crippen LogP contribution in [0.1, 0.15) is 0 Å². The number of carbonyl (C=O) groups excluding carboxylic acids is 1. The number of hydrogen-bond donors (Lipinski definition) is 2. The van der Waals surface area contributed by atoms with Gasteiger partial charge in [0.25, 0.3) is 5.91 Å². The van der Waals surface area contributed by atoms with Crippen LogP contribution in [0.25, 0.3) is 21.8 Å². The van der Waals surface area contributed by atoms with Gasteiger partial charge in [-0.25, -0.2) is 0 Å². The lowest BCUT2D eigenvalue weighted by atomic mass is 9.92. The Bertz CT molecular complexity index is 1160. The van der Waals surface area contributed by atoms with Gasteiger partial charge in [-0.1, -0.05) is 41.3 Å². The molecule has 0 aliphatic heterocycles. The van der Waals surface area contributed by atoms with Crippen LogP contribution >= 0.6 is 0 Å². The van der Waals surface area contributed by atoms with Crippen LogP contribution in [-0.2, 0) is 11.3 Å². The van der Waals surface area contributed by atoms with E-state index in [1.54, 1.807) is 43.5 Å². The molecule has 3 aromatic carbocycles. The van der Waals surface area contributed by atoms with Gasteiger partial charge < -0.3 is 19.7 Å². The minimum Gasteiger partial charge on any atom is -0.497 e. The van der Waals surface area contributed by atoms with Crippen LogP contribution in [0.2, 0.25) is 0 Å². The summed E-state index contributed by atoms with van der Waals surface area (Å²) >= 11 is 0. The number of aliphatic hydroxyl groups is 1. The molecule has 1 amide bonds. The molecule has 5 nitrogen and oxygen atoms in total. The molecule has 29 heavy (non-hydrogen) atoms. The zero-order valence-corrected chi connectivity index (χ0v) is 15.9. The van der Waals surface area contributed by atoms with Gasteiger partial charge in [0.1, 0.15) is 21.4 Å². The van der Waals surface area contributed by atoms with Gasteiger partial charge in [-0.2, -0.15) is 0 Å². The van der Waals surface area contributed by atoms with Gasteiger partial charge in [-0.05, 0) is 24.3 Å². The Morgan fingerprint density at radius 2 is 1.66 bits per heavy atom. The van der Waals surface area contributed by atoms with Crippen LogP contribution in [-0.4, -0.2) is 44.5 Å². The van der Waals surface area contributed by atoms with Gasteiger partial charge in [0.05, 0.1) is 13.7 Å². The van der Waals surface area contributed by atoms with E-state index in [1.165, 1.54) is 0 Å². The SMILES string of the molecule is [B]c1ccc2c(c1)c1cc([B])ccc1n2CC(O)C(=O)Nc1cccc(OC)c1. The van der Waals surface area contributed by atoms with E-state index >= 15 is 0 Å². The number of anilines is 1. The third-order valence-electron chi connectivity index (χ3n) is 4.91. The van der Waals surface area contributed by atoms with E-state index in [4.69, 9.17) is 20.4 Å². The minimum absolute atomic E-state index is 0.0869. The quantitative estimate of drug-likeness (QED) is 0.515. The van der Waals surface area contributed by atoms with Crippen molar-refractivity contribution in [3.05, 3.63) is 60.7 Å². The van der Waals surface area contributed by atoms with Crippen molar-refractivity contribution < 1.29 is 14.6 Å². The summed E-state index contributed by atoms with van der Waals surface area (Å²) < 4.78 is 7.06. The zero-order chi connectivity index (χ0) is 20.5. The summed E-state index contributed by atoms with van der Waals surface area (Å²) in [6, 6.07) is 18.1. The third-order valence-corrected chi connectivity index (χ3v) is 4.91. The number of methoxy groups -OCH3 is 1. The van der Waals surface area contributed by atoms with Crippen LogP contribution in [0.3, 0.4) is 0 Å². The number of nitrogens with zero attached hydrogens (tertiary/aromatic N) is 1. The highest BCUT2D eigenvalue weighted by molar-refractivity contribution is 6.35. The Hall–Kier alpha value is -3.18. The second-order valence-electron chi connectivity index (χ2n) is 6.90. The predicted octanol–water partition coefficient (Wildman–Crippen LogP) is 1.39. The van der Waals surface area contributed by atoms with Crippen molar-refractivity contribution in [1.29, 1.82) is 0 Å². The van der Waals surface area contributed by atoms with E-state index in [9.17, 15) is 9.90 Å². The highest BCUT2D eigenvalue weighted by Crippen LogP contribution is 2.28. The molecule has 1 unspecified atom stereocenters. The fourth-order valence-corrected chi connectivity index (χ4v) is 3.52. The maximum absolute atomic E-state index is 12.6. The Kier molecular flexibility index (Phi) is 5.07. The Morgan fingerprint density at radius 1 is 1.03 bits per heavy atom. The van der Waals surface area contributed by atoms with Crippen molar-refractivity contribution in [2.75, 3.05) is 12.4 Å². The number of aromatic nitrogens is 1. The van der Waals surface area contributed by atoms with Crippen LogP contribution in [0.15, 0.2) is 60.7 Å². The van der Waals surface area contributed by atoms with Crippen LogP contribution in [0.4, 0.5) is 5.69 Å². The van der Waals surface area contributed by atoms with Crippen molar-refractivity contribution in [2.45, 2.75) is 12.6 Å². The van der Waals surface area contributed by atoms with Gasteiger partial charge in [0.2, 0.25) is 0 Å². The normalized spacial score (nSPS) is 12.2. The smallest absolute Gasteiger partial charge is 0.255 e. The number of hydrogen-bond acceptors (Lipinski definition) is 3. The fourth-order valence-electron chi connectivity index (χ4n) is 3.52. The lowest BCUT2D eigenvalue weighted by Gasteiger charge is -2.15. The minimum atomic E-state index is -1.25. The molecule has 0 fully saturated rings. The first kappa shape index (κ1) is 19.2. The molecule has 0 saturated carbocycles. The Labute approximate surface area is 171 Å². The first-order chi connectivity index (χ1) is 14.0. The molecular weight excluding hydrogens is 362 g/mol. The number of benzene rings is 3. The van der Waals surface area contributed by atoms with E-state index in [-0.39, 0.29) is 6.54 Å². The highest BCUT2D eigenvalue weighted by Gasteiger charge is 2.19. The predicted molar refractivity (Wildman–Crippen MR) is 118 cm³/mol. The van der Waals surface area contributed by atoms with E-state index in [2.05, 4.69) is 5.32 Å². The zero-order valence-electron chi connectivity index (χ0n) is 15.9. The van der Waals surface area contributed by atoms with Gasteiger partial charge in [-0.15, -0.1) is 0 Å². The molecule has 140 valence electrons. The maximum atomic E-state index is 12.6. The molecule has 0 aliphatic carbocycles.